The lowest BCUT2D eigenvalue weighted by Crippen LogP contribution is -2.29. The molecule has 1 amide bonds. The fourth-order valence-corrected chi connectivity index (χ4v) is 3.98. The Balaban J connectivity index is 1.80. The number of ether oxygens (including phenoxy) is 1. The van der Waals surface area contributed by atoms with Crippen LogP contribution in [0, 0.1) is 0 Å². The zero-order chi connectivity index (χ0) is 22.0. The Morgan fingerprint density at radius 1 is 0.968 bits per heavy atom. The smallest absolute Gasteiger partial charge is 0.295 e. The first-order chi connectivity index (χ1) is 15.0. The zero-order valence-corrected chi connectivity index (χ0v) is 18.4. The number of hydrogen-bond donors (Lipinski definition) is 1. The lowest BCUT2D eigenvalue weighted by Gasteiger charge is -2.25. The van der Waals surface area contributed by atoms with E-state index in [0.717, 1.165) is 15.6 Å². The Morgan fingerprint density at radius 2 is 1.61 bits per heavy atom. The van der Waals surface area contributed by atoms with Gasteiger partial charge in [0.2, 0.25) is 0 Å². The van der Waals surface area contributed by atoms with Crippen LogP contribution in [0.3, 0.4) is 0 Å². The summed E-state index contributed by atoms with van der Waals surface area (Å²) in [5, 5.41) is 11.0. The molecular formula is C25H20BrNO4. The van der Waals surface area contributed by atoms with Gasteiger partial charge in [-0.3, -0.25) is 9.59 Å². The van der Waals surface area contributed by atoms with Crippen LogP contribution in [0.15, 0.2) is 88.9 Å². The number of rotatable bonds is 5. The molecule has 1 atom stereocenters. The number of aliphatic hydroxyl groups excluding tert-OH is 1. The first kappa shape index (κ1) is 20.9. The topological polar surface area (TPSA) is 66.8 Å². The SMILES string of the molecule is COc1ccc(CN2C(=O)C(=O)/C(=C(\O)c3ccc(Br)cc3)C2c2ccccc2)cc1. The molecule has 1 aliphatic rings. The second kappa shape index (κ2) is 8.78. The Bertz CT molecular complexity index is 1140. The van der Waals surface area contributed by atoms with Gasteiger partial charge in [-0.05, 0) is 35.4 Å². The molecule has 0 aromatic heterocycles. The molecule has 0 bridgehead atoms. The number of carbonyl (C=O) groups is 2. The van der Waals surface area contributed by atoms with Crippen LogP contribution in [0.25, 0.3) is 5.76 Å². The van der Waals surface area contributed by atoms with E-state index < -0.39 is 17.7 Å². The van der Waals surface area contributed by atoms with Crippen molar-refractivity contribution in [2.45, 2.75) is 12.6 Å². The summed E-state index contributed by atoms with van der Waals surface area (Å²) < 4.78 is 6.05. The maximum Gasteiger partial charge on any atom is 0.295 e. The summed E-state index contributed by atoms with van der Waals surface area (Å²) >= 11 is 3.37. The monoisotopic (exact) mass is 477 g/mol. The number of likely N-dealkylation sites (tertiary alicyclic amines) is 1. The van der Waals surface area contributed by atoms with Gasteiger partial charge >= 0.3 is 0 Å². The number of carbonyl (C=O) groups excluding carboxylic acids is 2. The minimum Gasteiger partial charge on any atom is -0.507 e. The van der Waals surface area contributed by atoms with E-state index in [-0.39, 0.29) is 17.9 Å². The van der Waals surface area contributed by atoms with Crippen LogP contribution in [0.1, 0.15) is 22.7 Å². The van der Waals surface area contributed by atoms with E-state index in [2.05, 4.69) is 15.9 Å². The van der Waals surface area contributed by atoms with Gasteiger partial charge in [0.05, 0.1) is 18.7 Å². The van der Waals surface area contributed by atoms with E-state index in [9.17, 15) is 14.7 Å². The molecule has 1 unspecified atom stereocenters. The number of aliphatic hydroxyl groups is 1. The van der Waals surface area contributed by atoms with E-state index >= 15 is 0 Å². The van der Waals surface area contributed by atoms with Crippen molar-refractivity contribution < 1.29 is 19.4 Å². The number of benzene rings is 3. The molecule has 4 rings (SSSR count). The molecule has 6 heteroatoms. The number of Topliss-reactive ketones (excluding diaryl/α,β-unsaturated/α-hetero) is 1. The average molecular weight is 478 g/mol. The number of halogens is 1. The van der Waals surface area contributed by atoms with Crippen LogP contribution in [-0.4, -0.2) is 28.8 Å². The van der Waals surface area contributed by atoms with Crippen LogP contribution in [0.5, 0.6) is 5.75 Å². The minimum atomic E-state index is -0.692. The summed E-state index contributed by atoms with van der Waals surface area (Å²) in [7, 11) is 1.59. The van der Waals surface area contributed by atoms with E-state index in [4.69, 9.17) is 4.74 Å². The number of ketones is 1. The van der Waals surface area contributed by atoms with Crippen LogP contribution >= 0.6 is 15.9 Å². The molecular weight excluding hydrogens is 458 g/mol. The molecule has 1 saturated heterocycles. The van der Waals surface area contributed by atoms with Crippen molar-refractivity contribution in [2.75, 3.05) is 7.11 Å². The number of nitrogens with zero attached hydrogens (tertiary/aromatic N) is 1. The summed E-state index contributed by atoms with van der Waals surface area (Å²) in [5.74, 6) is -0.802. The third-order valence-corrected chi connectivity index (χ3v) is 5.81. The minimum absolute atomic E-state index is 0.0898. The maximum atomic E-state index is 13.0. The highest BCUT2D eigenvalue weighted by Gasteiger charge is 2.45. The molecule has 0 saturated carbocycles. The highest BCUT2D eigenvalue weighted by molar-refractivity contribution is 9.10. The second-order valence-corrected chi connectivity index (χ2v) is 8.11. The molecule has 1 fully saturated rings. The normalized spacial score (nSPS) is 17.7. The molecule has 1 N–H and O–H groups in total. The van der Waals surface area contributed by atoms with E-state index in [1.807, 2.05) is 54.6 Å². The lowest BCUT2D eigenvalue weighted by molar-refractivity contribution is -0.140. The lowest BCUT2D eigenvalue weighted by atomic mass is 9.95. The molecule has 156 valence electrons. The average Bonchev–Trinajstić information content (AvgIpc) is 3.05. The Kier molecular flexibility index (Phi) is 5.91. The molecule has 31 heavy (non-hydrogen) atoms. The maximum absolute atomic E-state index is 13.0. The first-order valence-electron chi connectivity index (χ1n) is 9.72. The van der Waals surface area contributed by atoms with Crippen LogP contribution in [-0.2, 0) is 16.1 Å². The summed E-state index contributed by atoms with van der Waals surface area (Å²) in [5.41, 5.74) is 2.18. The fourth-order valence-electron chi connectivity index (χ4n) is 3.72. The number of hydrogen-bond acceptors (Lipinski definition) is 4. The first-order valence-corrected chi connectivity index (χ1v) is 10.5. The zero-order valence-electron chi connectivity index (χ0n) is 16.8. The fraction of sp³-hybridized carbons (Fsp3) is 0.120. The van der Waals surface area contributed by atoms with Crippen molar-refractivity contribution in [3.63, 3.8) is 0 Å². The van der Waals surface area contributed by atoms with Crippen molar-refractivity contribution in [1.82, 2.24) is 4.90 Å². The van der Waals surface area contributed by atoms with Crippen molar-refractivity contribution >= 4 is 33.4 Å². The van der Waals surface area contributed by atoms with Gasteiger partial charge in [0, 0.05) is 16.6 Å². The summed E-state index contributed by atoms with van der Waals surface area (Å²) in [6.07, 6.45) is 0. The van der Waals surface area contributed by atoms with E-state index in [1.54, 1.807) is 31.4 Å². The Labute approximate surface area is 188 Å². The van der Waals surface area contributed by atoms with Gasteiger partial charge in [0.15, 0.2) is 0 Å². The summed E-state index contributed by atoms with van der Waals surface area (Å²) in [6, 6.07) is 22.9. The van der Waals surface area contributed by atoms with Gasteiger partial charge in [-0.2, -0.15) is 0 Å². The summed E-state index contributed by atoms with van der Waals surface area (Å²) in [6.45, 7) is 0.227. The Hall–Kier alpha value is -3.38. The van der Waals surface area contributed by atoms with Gasteiger partial charge < -0.3 is 14.7 Å². The molecule has 5 nitrogen and oxygen atoms in total. The van der Waals surface area contributed by atoms with Gasteiger partial charge in [0.1, 0.15) is 11.5 Å². The third kappa shape index (κ3) is 4.11. The van der Waals surface area contributed by atoms with Crippen LogP contribution in [0.4, 0.5) is 0 Å². The predicted octanol–water partition coefficient (Wildman–Crippen LogP) is 5.08. The highest BCUT2D eigenvalue weighted by atomic mass is 79.9. The molecule has 1 aliphatic heterocycles. The number of amides is 1. The standard InChI is InChI=1S/C25H20BrNO4/c1-31-20-13-7-16(8-14-20)15-27-22(17-5-3-2-4-6-17)21(24(29)25(27)30)23(28)18-9-11-19(26)12-10-18/h2-14,22,28H,15H2,1H3/b23-21-. The van der Waals surface area contributed by atoms with Gasteiger partial charge in [-0.15, -0.1) is 0 Å². The van der Waals surface area contributed by atoms with E-state index in [1.165, 1.54) is 4.90 Å². The predicted molar refractivity (Wildman–Crippen MR) is 121 cm³/mol. The van der Waals surface area contributed by atoms with E-state index in [0.29, 0.717) is 11.3 Å². The molecule has 0 aliphatic carbocycles. The van der Waals surface area contributed by atoms with Gasteiger partial charge in [-0.1, -0.05) is 70.5 Å². The second-order valence-electron chi connectivity index (χ2n) is 7.19. The summed E-state index contributed by atoms with van der Waals surface area (Å²) in [4.78, 5) is 27.6. The van der Waals surface area contributed by atoms with Crippen molar-refractivity contribution in [3.8, 4) is 5.75 Å². The van der Waals surface area contributed by atoms with Gasteiger partial charge in [-0.25, -0.2) is 0 Å². The molecule has 1 heterocycles. The highest BCUT2D eigenvalue weighted by Crippen LogP contribution is 2.40. The Morgan fingerprint density at radius 3 is 2.23 bits per heavy atom. The van der Waals surface area contributed by atoms with Crippen LogP contribution in [0.2, 0.25) is 0 Å². The number of methoxy groups -OCH3 is 1. The van der Waals surface area contributed by atoms with Crippen molar-refractivity contribution in [3.05, 3.63) is 106 Å². The van der Waals surface area contributed by atoms with Crippen molar-refractivity contribution in [1.29, 1.82) is 0 Å². The molecule has 0 spiro atoms. The third-order valence-electron chi connectivity index (χ3n) is 5.28. The van der Waals surface area contributed by atoms with Crippen LogP contribution < -0.4 is 4.74 Å². The van der Waals surface area contributed by atoms with Crippen molar-refractivity contribution in [2.24, 2.45) is 0 Å². The molecule has 0 radical (unpaired) electrons. The quantitative estimate of drug-likeness (QED) is 0.316. The molecule has 3 aromatic rings. The van der Waals surface area contributed by atoms with Gasteiger partial charge in [0.25, 0.3) is 11.7 Å². The molecule has 3 aromatic carbocycles. The largest absolute Gasteiger partial charge is 0.507 e.